The molecular weight excluding hydrogens is 213 g/mol. The second-order valence-electron chi connectivity index (χ2n) is 3.27. The molecule has 6 heteroatoms. The summed E-state index contributed by atoms with van der Waals surface area (Å²) in [5.41, 5.74) is -0.115. The van der Waals surface area contributed by atoms with Gasteiger partial charge in [0.05, 0.1) is 17.6 Å². The average Bonchev–Trinajstić information content (AvgIpc) is 2.25. The third-order valence-corrected chi connectivity index (χ3v) is 2.16. The third kappa shape index (κ3) is 1.77. The number of nitrogens with one attached hydrogen (secondary N) is 2. The number of nitrogens with zero attached hydrogens (tertiary/aromatic N) is 1. The van der Waals surface area contributed by atoms with Crippen LogP contribution in [0.3, 0.4) is 0 Å². The summed E-state index contributed by atoms with van der Waals surface area (Å²) < 4.78 is 12.7. The van der Waals surface area contributed by atoms with Crippen LogP contribution in [0.2, 0.25) is 0 Å². The summed E-state index contributed by atoms with van der Waals surface area (Å²) in [7, 11) is 0. The molecule has 2 rings (SSSR count). The van der Waals surface area contributed by atoms with Gasteiger partial charge >= 0.3 is 5.69 Å². The molecule has 0 unspecified atom stereocenters. The Kier molecular flexibility index (Phi) is 2.40. The number of hydrogen-bond acceptors (Lipinski definition) is 3. The monoisotopic (exact) mass is 221 g/mol. The Hall–Kier alpha value is -2.24. The van der Waals surface area contributed by atoms with E-state index in [4.69, 9.17) is 0 Å². The molecule has 2 aromatic rings. The lowest BCUT2D eigenvalue weighted by Gasteiger charge is -2.02. The van der Waals surface area contributed by atoms with Crippen LogP contribution in [0, 0.1) is 12.7 Å². The van der Waals surface area contributed by atoms with Gasteiger partial charge in [0.15, 0.2) is 0 Å². The maximum atomic E-state index is 12.7. The molecule has 0 amide bonds. The minimum atomic E-state index is -0.614. The molecular formula is C10H8FN3O2. The fourth-order valence-electron chi connectivity index (χ4n) is 1.33. The number of pyridine rings is 1. The van der Waals surface area contributed by atoms with E-state index in [1.165, 1.54) is 12.1 Å². The van der Waals surface area contributed by atoms with Crippen molar-refractivity contribution in [1.29, 1.82) is 0 Å². The molecule has 2 N–H and O–H groups in total. The van der Waals surface area contributed by atoms with Gasteiger partial charge in [-0.3, -0.25) is 14.8 Å². The van der Waals surface area contributed by atoms with E-state index >= 15 is 0 Å². The van der Waals surface area contributed by atoms with Gasteiger partial charge in [0.25, 0.3) is 5.56 Å². The van der Waals surface area contributed by atoms with E-state index in [1.54, 1.807) is 6.92 Å². The predicted molar refractivity (Wildman–Crippen MR) is 55.6 cm³/mol. The fourth-order valence-corrected chi connectivity index (χ4v) is 1.33. The molecule has 0 aliphatic rings. The van der Waals surface area contributed by atoms with Crippen LogP contribution < -0.4 is 11.2 Å². The molecule has 0 bridgehead atoms. The van der Waals surface area contributed by atoms with E-state index < -0.39 is 17.1 Å². The van der Waals surface area contributed by atoms with E-state index in [2.05, 4.69) is 15.0 Å². The van der Waals surface area contributed by atoms with Gasteiger partial charge in [-0.05, 0) is 19.1 Å². The quantitative estimate of drug-likeness (QED) is 0.739. The second-order valence-corrected chi connectivity index (χ2v) is 3.27. The van der Waals surface area contributed by atoms with Crippen molar-refractivity contribution in [3.8, 4) is 11.4 Å². The molecule has 0 aromatic carbocycles. The Morgan fingerprint density at radius 2 is 2.00 bits per heavy atom. The summed E-state index contributed by atoms with van der Waals surface area (Å²) in [6.45, 7) is 1.55. The number of H-pyrrole nitrogens is 2. The molecule has 0 radical (unpaired) electrons. The zero-order chi connectivity index (χ0) is 11.7. The van der Waals surface area contributed by atoms with Gasteiger partial charge in [0, 0.05) is 5.56 Å². The van der Waals surface area contributed by atoms with Gasteiger partial charge in [0.2, 0.25) is 0 Å². The molecule has 0 aliphatic carbocycles. The highest BCUT2D eigenvalue weighted by molar-refractivity contribution is 5.56. The minimum absolute atomic E-state index is 0.300. The first-order chi connectivity index (χ1) is 7.58. The summed E-state index contributed by atoms with van der Waals surface area (Å²) in [6, 6.07) is 2.61. The van der Waals surface area contributed by atoms with Crippen molar-refractivity contribution in [3.63, 3.8) is 0 Å². The van der Waals surface area contributed by atoms with Crippen LogP contribution in [-0.4, -0.2) is 15.0 Å². The lowest BCUT2D eigenvalue weighted by Crippen LogP contribution is -2.25. The lowest BCUT2D eigenvalue weighted by molar-refractivity contribution is 0.621. The average molecular weight is 221 g/mol. The first-order valence-electron chi connectivity index (χ1n) is 4.53. The van der Waals surface area contributed by atoms with Crippen molar-refractivity contribution in [3.05, 3.63) is 50.5 Å². The van der Waals surface area contributed by atoms with E-state index in [1.807, 2.05) is 0 Å². The first-order valence-corrected chi connectivity index (χ1v) is 4.53. The number of aromatic amines is 2. The summed E-state index contributed by atoms with van der Waals surface area (Å²) in [5, 5.41) is 0. The van der Waals surface area contributed by atoms with Crippen LogP contribution in [-0.2, 0) is 0 Å². The van der Waals surface area contributed by atoms with Crippen molar-refractivity contribution in [1.82, 2.24) is 15.0 Å². The Labute approximate surface area is 89.0 Å². The Balaban J connectivity index is 2.69. The summed E-state index contributed by atoms with van der Waals surface area (Å²) in [5.74, 6) is -0.478. The van der Waals surface area contributed by atoms with Crippen molar-refractivity contribution in [2.45, 2.75) is 6.92 Å². The van der Waals surface area contributed by atoms with Gasteiger partial charge in [-0.2, -0.15) is 0 Å². The molecule has 2 heterocycles. The molecule has 0 aliphatic heterocycles. The summed E-state index contributed by atoms with van der Waals surface area (Å²) in [4.78, 5) is 30.8. The standard InChI is InChI=1S/C10H8FN3O2/c1-5-8(13-10(16)14-9(5)15)7-3-2-6(11)4-12-7/h2-4H,1H3,(H2,13,14,15,16). The lowest BCUT2D eigenvalue weighted by atomic mass is 10.2. The topological polar surface area (TPSA) is 78.6 Å². The van der Waals surface area contributed by atoms with E-state index in [0.717, 1.165) is 6.20 Å². The van der Waals surface area contributed by atoms with Crippen LogP contribution in [0.25, 0.3) is 11.4 Å². The molecule has 0 saturated heterocycles. The number of hydrogen-bond donors (Lipinski definition) is 2. The van der Waals surface area contributed by atoms with Gasteiger partial charge in [0.1, 0.15) is 5.82 Å². The number of rotatable bonds is 1. The van der Waals surface area contributed by atoms with Crippen LogP contribution in [0.15, 0.2) is 27.9 Å². The summed E-state index contributed by atoms with van der Waals surface area (Å²) in [6.07, 6.45) is 1.02. The first kappa shape index (κ1) is 10.3. The van der Waals surface area contributed by atoms with Gasteiger partial charge in [-0.1, -0.05) is 0 Å². The minimum Gasteiger partial charge on any atom is -0.305 e. The van der Waals surface area contributed by atoms with Gasteiger partial charge < -0.3 is 4.98 Å². The van der Waals surface area contributed by atoms with E-state index in [-0.39, 0.29) is 0 Å². The van der Waals surface area contributed by atoms with Gasteiger partial charge in [-0.25, -0.2) is 9.18 Å². The fraction of sp³-hybridized carbons (Fsp3) is 0.100. The molecule has 2 aromatic heterocycles. The maximum absolute atomic E-state index is 12.7. The largest absolute Gasteiger partial charge is 0.326 e. The Morgan fingerprint density at radius 3 is 2.62 bits per heavy atom. The molecule has 0 spiro atoms. The number of aromatic nitrogens is 3. The highest BCUT2D eigenvalue weighted by Gasteiger charge is 2.08. The van der Waals surface area contributed by atoms with E-state index in [0.29, 0.717) is 17.0 Å². The zero-order valence-corrected chi connectivity index (χ0v) is 8.37. The molecule has 5 nitrogen and oxygen atoms in total. The van der Waals surface area contributed by atoms with Crippen molar-refractivity contribution >= 4 is 0 Å². The van der Waals surface area contributed by atoms with Crippen molar-refractivity contribution in [2.24, 2.45) is 0 Å². The predicted octanol–water partition coefficient (Wildman–Crippen LogP) is 0.573. The third-order valence-electron chi connectivity index (χ3n) is 2.16. The SMILES string of the molecule is Cc1c(-c2ccc(F)cn2)[nH]c(=O)[nH]c1=O. The van der Waals surface area contributed by atoms with Gasteiger partial charge in [-0.15, -0.1) is 0 Å². The van der Waals surface area contributed by atoms with E-state index in [9.17, 15) is 14.0 Å². The zero-order valence-electron chi connectivity index (χ0n) is 8.37. The smallest absolute Gasteiger partial charge is 0.305 e. The van der Waals surface area contributed by atoms with Crippen LogP contribution >= 0.6 is 0 Å². The highest BCUT2D eigenvalue weighted by Crippen LogP contribution is 2.14. The normalized spacial score (nSPS) is 10.4. The molecule has 0 fully saturated rings. The molecule has 0 saturated carbocycles. The van der Waals surface area contributed by atoms with Crippen LogP contribution in [0.5, 0.6) is 0 Å². The van der Waals surface area contributed by atoms with Crippen LogP contribution in [0.4, 0.5) is 4.39 Å². The Bertz CT molecular complexity index is 628. The van der Waals surface area contributed by atoms with Crippen molar-refractivity contribution in [2.75, 3.05) is 0 Å². The van der Waals surface area contributed by atoms with Crippen molar-refractivity contribution < 1.29 is 4.39 Å². The highest BCUT2D eigenvalue weighted by atomic mass is 19.1. The summed E-state index contributed by atoms with van der Waals surface area (Å²) >= 11 is 0. The molecule has 82 valence electrons. The number of halogens is 1. The Morgan fingerprint density at radius 1 is 1.25 bits per heavy atom. The molecule has 0 atom stereocenters. The second kappa shape index (κ2) is 3.73. The molecule has 16 heavy (non-hydrogen) atoms. The van der Waals surface area contributed by atoms with Crippen LogP contribution in [0.1, 0.15) is 5.56 Å². The maximum Gasteiger partial charge on any atom is 0.326 e.